The van der Waals surface area contributed by atoms with Gasteiger partial charge in [0.05, 0.1) is 0 Å². The highest BCUT2D eigenvalue weighted by atomic mass is 16.6. The molecule has 1 aliphatic heterocycles. The van der Waals surface area contributed by atoms with Crippen molar-refractivity contribution in [2.24, 2.45) is 0 Å². The molecule has 1 aliphatic rings. The lowest BCUT2D eigenvalue weighted by Crippen LogP contribution is -2.31. The van der Waals surface area contributed by atoms with E-state index in [1.54, 1.807) is 49.4 Å². The SMILES string of the molecule is CCC(=O)c1ccc(OCC(=O)O[C@@H](C)C(=O)Nc2ccc3c(c2)OCCO3)cc1. The standard InChI is InChI=1S/C22H23NO7/c1-3-18(24)15-4-7-17(8-5-15)29-13-21(25)30-14(2)22(26)23-16-6-9-19-20(12-16)28-11-10-27-19/h4-9,12,14H,3,10-11,13H2,1-2H3,(H,23,26)/t14-/m0/s1. The summed E-state index contributed by atoms with van der Waals surface area (Å²) in [7, 11) is 0. The topological polar surface area (TPSA) is 100 Å². The fraction of sp³-hybridized carbons (Fsp3) is 0.318. The van der Waals surface area contributed by atoms with Crippen LogP contribution in [0.4, 0.5) is 5.69 Å². The van der Waals surface area contributed by atoms with Gasteiger partial charge in [0.15, 0.2) is 30.0 Å². The minimum absolute atomic E-state index is 0.0267. The number of anilines is 1. The molecule has 0 saturated heterocycles. The first-order valence-electron chi connectivity index (χ1n) is 9.62. The maximum Gasteiger partial charge on any atom is 0.344 e. The number of carbonyl (C=O) groups excluding carboxylic acids is 3. The smallest absolute Gasteiger partial charge is 0.344 e. The van der Waals surface area contributed by atoms with Crippen LogP contribution in [-0.2, 0) is 14.3 Å². The zero-order valence-electron chi connectivity index (χ0n) is 16.8. The predicted octanol–water partition coefficient (Wildman–Crippen LogP) is 3.00. The van der Waals surface area contributed by atoms with Crippen molar-refractivity contribution in [3.05, 3.63) is 48.0 Å². The molecule has 8 heteroatoms. The van der Waals surface area contributed by atoms with Crippen LogP contribution in [-0.4, -0.2) is 43.6 Å². The van der Waals surface area contributed by atoms with Gasteiger partial charge in [-0.1, -0.05) is 6.92 Å². The van der Waals surface area contributed by atoms with Crippen molar-refractivity contribution in [1.82, 2.24) is 0 Å². The molecule has 0 bridgehead atoms. The number of carbonyl (C=O) groups is 3. The summed E-state index contributed by atoms with van der Waals surface area (Å²) in [6, 6.07) is 11.5. The molecule has 1 atom stereocenters. The van der Waals surface area contributed by atoms with Gasteiger partial charge in [0.25, 0.3) is 5.91 Å². The Morgan fingerprint density at radius 2 is 1.73 bits per heavy atom. The van der Waals surface area contributed by atoms with Crippen molar-refractivity contribution >= 4 is 23.3 Å². The monoisotopic (exact) mass is 413 g/mol. The highest BCUT2D eigenvalue weighted by Gasteiger charge is 2.20. The van der Waals surface area contributed by atoms with Gasteiger partial charge in [0, 0.05) is 23.7 Å². The molecule has 158 valence electrons. The summed E-state index contributed by atoms with van der Waals surface area (Å²) < 4.78 is 21.4. The first-order chi connectivity index (χ1) is 14.5. The van der Waals surface area contributed by atoms with Crippen LogP contribution in [0.2, 0.25) is 0 Å². The third-order valence-corrected chi connectivity index (χ3v) is 4.34. The van der Waals surface area contributed by atoms with Gasteiger partial charge >= 0.3 is 5.97 Å². The lowest BCUT2D eigenvalue weighted by atomic mass is 10.1. The number of nitrogens with one attached hydrogen (secondary N) is 1. The summed E-state index contributed by atoms with van der Waals surface area (Å²) in [6.45, 7) is 3.82. The molecule has 2 aromatic rings. The third kappa shape index (κ3) is 5.50. The van der Waals surface area contributed by atoms with Crippen molar-refractivity contribution in [2.45, 2.75) is 26.4 Å². The van der Waals surface area contributed by atoms with Gasteiger partial charge in [-0.3, -0.25) is 9.59 Å². The molecule has 1 N–H and O–H groups in total. The van der Waals surface area contributed by atoms with Gasteiger partial charge in [-0.25, -0.2) is 4.79 Å². The average Bonchev–Trinajstić information content (AvgIpc) is 2.77. The van der Waals surface area contributed by atoms with Crippen LogP contribution in [0.1, 0.15) is 30.6 Å². The van der Waals surface area contributed by atoms with E-state index in [-0.39, 0.29) is 12.4 Å². The number of benzene rings is 2. The van der Waals surface area contributed by atoms with Crippen LogP contribution in [0.25, 0.3) is 0 Å². The number of ketones is 1. The molecule has 1 heterocycles. The molecule has 2 aromatic carbocycles. The Bertz CT molecular complexity index is 924. The summed E-state index contributed by atoms with van der Waals surface area (Å²) in [4.78, 5) is 35.9. The fourth-order valence-electron chi connectivity index (χ4n) is 2.73. The highest BCUT2D eigenvalue weighted by Crippen LogP contribution is 2.32. The number of hydrogen-bond donors (Lipinski definition) is 1. The maximum atomic E-state index is 12.3. The van der Waals surface area contributed by atoms with E-state index in [1.807, 2.05) is 0 Å². The first-order valence-corrected chi connectivity index (χ1v) is 9.62. The second kappa shape index (κ2) is 9.78. The lowest BCUT2D eigenvalue weighted by molar-refractivity contribution is -0.155. The highest BCUT2D eigenvalue weighted by molar-refractivity contribution is 5.96. The van der Waals surface area contributed by atoms with Crippen LogP contribution < -0.4 is 19.5 Å². The number of rotatable bonds is 8. The predicted molar refractivity (Wildman–Crippen MR) is 108 cm³/mol. The number of Topliss-reactive ketones (excluding diaryl/α,β-unsaturated/α-hetero) is 1. The Labute approximate surface area is 174 Å². The minimum atomic E-state index is -1.01. The second-order valence-electron chi connectivity index (χ2n) is 6.57. The van der Waals surface area contributed by atoms with Crippen molar-refractivity contribution in [3.8, 4) is 17.2 Å². The number of esters is 1. The van der Waals surface area contributed by atoms with Crippen LogP contribution in [0.15, 0.2) is 42.5 Å². The first kappa shape index (κ1) is 21.2. The van der Waals surface area contributed by atoms with E-state index in [0.29, 0.717) is 48.1 Å². The summed E-state index contributed by atoms with van der Waals surface area (Å²) in [5, 5.41) is 2.67. The Morgan fingerprint density at radius 1 is 1.03 bits per heavy atom. The molecule has 0 radical (unpaired) electrons. The molecule has 30 heavy (non-hydrogen) atoms. The summed E-state index contributed by atoms with van der Waals surface area (Å²) >= 11 is 0. The van der Waals surface area contributed by atoms with Crippen molar-refractivity contribution in [2.75, 3.05) is 25.1 Å². The Kier molecular flexibility index (Phi) is 6.90. The summed E-state index contributed by atoms with van der Waals surface area (Å²) in [5.74, 6) is 0.439. The molecule has 0 aliphatic carbocycles. The van der Waals surface area contributed by atoms with Crippen molar-refractivity contribution < 1.29 is 33.3 Å². The van der Waals surface area contributed by atoms with Gasteiger partial charge in [0.2, 0.25) is 0 Å². The minimum Gasteiger partial charge on any atom is -0.486 e. The molecule has 3 rings (SSSR count). The zero-order valence-corrected chi connectivity index (χ0v) is 16.8. The molecule has 1 amide bonds. The molecule has 0 saturated carbocycles. The van der Waals surface area contributed by atoms with E-state index in [4.69, 9.17) is 18.9 Å². The van der Waals surface area contributed by atoms with Gasteiger partial charge in [0.1, 0.15) is 19.0 Å². The Morgan fingerprint density at radius 3 is 2.43 bits per heavy atom. The molecule has 0 spiro atoms. The molecular weight excluding hydrogens is 390 g/mol. The van der Waals surface area contributed by atoms with Crippen molar-refractivity contribution in [3.63, 3.8) is 0 Å². The van der Waals surface area contributed by atoms with Crippen LogP contribution in [0, 0.1) is 0 Å². The van der Waals surface area contributed by atoms with Gasteiger partial charge in [-0.05, 0) is 43.3 Å². The fourth-order valence-corrected chi connectivity index (χ4v) is 2.73. The largest absolute Gasteiger partial charge is 0.486 e. The van der Waals surface area contributed by atoms with E-state index < -0.39 is 18.0 Å². The van der Waals surface area contributed by atoms with E-state index in [2.05, 4.69) is 5.32 Å². The summed E-state index contributed by atoms with van der Waals surface area (Å²) in [6.07, 6.45) is -0.600. The van der Waals surface area contributed by atoms with E-state index in [0.717, 1.165) is 0 Å². The lowest BCUT2D eigenvalue weighted by Gasteiger charge is -2.19. The quantitative estimate of drug-likeness (QED) is 0.524. The molecule has 0 fully saturated rings. The number of amides is 1. The molecule has 0 aromatic heterocycles. The Hall–Kier alpha value is -3.55. The van der Waals surface area contributed by atoms with E-state index in [9.17, 15) is 14.4 Å². The Balaban J connectivity index is 1.46. The third-order valence-electron chi connectivity index (χ3n) is 4.34. The molecule has 0 unspecified atom stereocenters. The van der Waals surface area contributed by atoms with Crippen LogP contribution >= 0.6 is 0 Å². The molecular formula is C22H23NO7. The normalized spacial score (nSPS) is 13.1. The van der Waals surface area contributed by atoms with E-state index >= 15 is 0 Å². The van der Waals surface area contributed by atoms with Gasteiger partial charge in [-0.15, -0.1) is 0 Å². The maximum absolute atomic E-state index is 12.3. The number of hydrogen-bond acceptors (Lipinski definition) is 7. The van der Waals surface area contributed by atoms with E-state index in [1.165, 1.54) is 6.92 Å². The van der Waals surface area contributed by atoms with Crippen LogP contribution in [0.5, 0.6) is 17.2 Å². The zero-order chi connectivity index (χ0) is 21.5. The molecule has 8 nitrogen and oxygen atoms in total. The van der Waals surface area contributed by atoms with Gasteiger partial charge < -0.3 is 24.3 Å². The van der Waals surface area contributed by atoms with Crippen molar-refractivity contribution in [1.29, 1.82) is 0 Å². The number of fused-ring (bicyclic) bond motifs is 1. The van der Waals surface area contributed by atoms with Crippen LogP contribution in [0.3, 0.4) is 0 Å². The number of ether oxygens (including phenoxy) is 4. The average molecular weight is 413 g/mol. The second-order valence-corrected chi connectivity index (χ2v) is 6.57. The van der Waals surface area contributed by atoms with Gasteiger partial charge in [-0.2, -0.15) is 0 Å². The summed E-state index contributed by atoms with van der Waals surface area (Å²) in [5.41, 5.74) is 1.09.